The van der Waals surface area contributed by atoms with Gasteiger partial charge in [0.1, 0.15) is 0 Å². The molecule has 1 aromatic rings. The van der Waals surface area contributed by atoms with Gasteiger partial charge in [-0.2, -0.15) is 11.8 Å². The first-order valence-corrected chi connectivity index (χ1v) is 7.64. The average molecular weight is 250 g/mol. The monoisotopic (exact) mass is 250 g/mol. The zero-order chi connectivity index (χ0) is 11.9. The molecule has 0 radical (unpaired) electrons. The number of pyridine rings is 1. The summed E-state index contributed by atoms with van der Waals surface area (Å²) in [5.41, 5.74) is 1.30. The van der Waals surface area contributed by atoms with Gasteiger partial charge in [0.15, 0.2) is 0 Å². The van der Waals surface area contributed by atoms with Crippen LogP contribution in [-0.2, 0) is 0 Å². The molecule has 1 atom stereocenters. The van der Waals surface area contributed by atoms with Crippen molar-refractivity contribution in [1.82, 2.24) is 10.3 Å². The lowest BCUT2D eigenvalue weighted by molar-refractivity contribution is 0.514. The van der Waals surface area contributed by atoms with Crippen molar-refractivity contribution in [2.24, 2.45) is 0 Å². The summed E-state index contributed by atoms with van der Waals surface area (Å²) in [7, 11) is 2.04. The van der Waals surface area contributed by atoms with Crippen LogP contribution in [0.4, 0.5) is 0 Å². The van der Waals surface area contributed by atoms with E-state index in [1.807, 2.05) is 25.5 Å². The van der Waals surface area contributed by atoms with Gasteiger partial charge in [0.25, 0.3) is 0 Å². The van der Waals surface area contributed by atoms with Crippen molar-refractivity contribution in [3.63, 3.8) is 0 Å². The van der Waals surface area contributed by atoms with Crippen molar-refractivity contribution in [3.05, 3.63) is 30.1 Å². The van der Waals surface area contributed by atoms with Crippen molar-refractivity contribution in [3.8, 4) is 0 Å². The molecule has 1 saturated carbocycles. The maximum Gasteiger partial charge on any atom is 0.0424 e. The van der Waals surface area contributed by atoms with Crippen LogP contribution in [0.5, 0.6) is 0 Å². The Hall–Kier alpha value is -0.540. The van der Waals surface area contributed by atoms with E-state index in [2.05, 4.69) is 28.1 Å². The molecule has 0 spiro atoms. The van der Waals surface area contributed by atoms with E-state index in [9.17, 15) is 0 Å². The Labute approximate surface area is 109 Å². The van der Waals surface area contributed by atoms with Crippen LogP contribution in [0.1, 0.15) is 43.7 Å². The second-order valence-electron chi connectivity index (χ2n) is 4.72. The molecule has 1 unspecified atom stereocenters. The van der Waals surface area contributed by atoms with E-state index in [-0.39, 0.29) is 0 Å². The number of thioether (sulfide) groups is 1. The van der Waals surface area contributed by atoms with Gasteiger partial charge >= 0.3 is 0 Å². The average Bonchev–Trinajstić information content (AvgIpc) is 2.42. The SMILES string of the molecule is CNC(CSC1CCCCC1)c1cccnc1. The number of nitrogens with one attached hydrogen (secondary N) is 1. The van der Waals surface area contributed by atoms with Gasteiger partial charge in [-0.3, -0.25) is 4.98 Å². The van der Waals surface area contributed by atoms with Gasteiger partial charge in [-0.15, -0.1) is 0 Å². The summed E-state index contributed by atoms with van der Waals surface area (Å²) in [6, 6.07) is 4.62. The highest BCUT2D eigenvalue weighted by Crippen LogP contribution is 2.30. The number of hydrogen-bond donors (Lipinski definition) is 1. The summed E-state index contributed by atoms with van der Waals surface area (Å²) in [6.45, 7) is 0. The number of rotatable bonds is 5. The smallest absolute Gasteiger partial charge is 0.0424 e. The van der Waals surface area contributed by atoms with Gasteiger partial charge in [-0.05, 0) is 31.5 Å². The molecule has 1 N–H and O–H groups in total. The maximum absolute atomic E-state index is 4.20. The topological polar surface area (TPSA) is 24.9 Å². The zero-order valence-corrected chi connectivity index (χ0v) is 11.4. The quantitative estimate of drug-likeness (QED) is 0.867. The fourth-order valence-corrected chi connectivity index (χ4v) is 3.88. The Balaban J connectivity index is 1.83. The molecule has 1 aromatic heterocycles. The minimum atomic E-state index is 0.440. The predicted molar refractivity (Wildman–Crippen MR) is 75.4 cm³/mol. The van der Waals surface area contributed by atoms with Crippen molar-refractivity contribution < 1.29 is 0 Å². The highest BCUT2D eigenvalue weighted by molar-refractivity contribution is 7.99. The number of nitrogens with zero attached hydrogens (tertiary/aromatic N) is 1. The molecule has 1 aliphatic carbocycles. The Bertz CT molecular complexity index is 309. The molecular weight excluding hydrogens is 228 g/mol. The van der Waals surface area contributed by atoms with Crippen molar-refractivity contribution in [2.45, 2.75) is 43.4 Å². The van der Waals surface area contributed by atoms with Crippen molar-refractivity contribution >= 4 is 11.8 Å². The molecule has 1 aliphatic rings. The van der Waals surface area contributed by atoms with E-state index in [4.69, 9.17) is 0 Å². The molecule has 3 heteroatoms. The zero-order valence-electron chi connectivity index (χ0n) is 10.6. The number of hydrogen-bond acceptors (Lipinski definition) is 3. The van der Waals surface area contributed by atoms with Crippen LogP contribution in [0, 0.1) is 0 Å². The van der Waals surface area contributed by atoms with Crippen LogP contribution in [0.15, 0.2) is 24.5 Å². The van der Waals surface area contributed by atoms with Gasteiger partial charge < -0.3 is 5.32 Å². The molecular formula is C14H22N2S. The maximum atomic E-state index is 4.20. The van der Waals surface area contributed by atoms with Crippen LogP contribution in [-0.4, -0.2) is 23.0 Å². The largest absolute Gasteiger partial charge is 0.312 e. The van der Waals surface area contributed by atoms with E-state index in [0.29, 0.717) is 6.04 Å². The second kappa shape index (κ2) is 7.02. The van der Waals surface area contributed by atoms with Crippen LogP contribution >= 0.6 is 11.8 Å². The Morgan fingerprint density at radius 3 is 2.88 bits per heavy atom. The summed E-state index contributed by atoms with van der Waals surface area (Å²) in [5.74, 6) is 1.16. The molecule has 2 rings (SSSR count). The minimum Gasteiger partial charge on any atom is -0.312 e. The van der Waals surface area contributed by atoms with E-state index in [1.165, 1.54) is 37.7 Å². The third kappa shape index (κ3) is 4.00. The molecule has 17 heavy (non-hydrogen) atoms. The van der Waals surface area contributed by atoms with E-state index >= 15 is 0 Å². The highest BCUT2D eigenvalue weighted by Gasteiger charge is 2.16. The standard InChI is InChI=1S/C14H22N2S/c1-15-14(12-6-5-9-16-10-12)11-17-13-7-3-2-4-8-13/h5-6,9-10,13-15H,2-4,7-8,11H2,1H3. The van der Waals surface area contributed by atoms with E-state index in [1.54, 1.807) is 0 Å². The number of aromatic nitrogens is 1. The van der Waals surface area contributed by atoms with Crippen LogP contribution < -0.4 is 5.32 Å². The van der Waals surface area contributed by atoms with Gasteiger partial charge in [-0.1, -0.05) is 25.3 Å². The van der Waals surface area contributed by atoms with Gasteiger partial charge in [0.2, 0.25) is 0 Å². The fourth-order valence-electron chi connectivity index (χ4n) is 2.39. The molecule has 1 fully saturated rings. The first-order valence-electron chi connectivity index (χ1n) is 6.59. The molecule has 0 amide bonds. The summed E-state index contributed by atoms with van der Waals surface area (Å²) in [5, 5.41) is 4.28. The van der Waals surface area contributed by atoms with Gasteiger partial charge in [0.05, 0.1) is 0 Å². The van der Waals surface area contributed by atoms with Crippen molar-refractivity contribution in [2.75, 3.05) is 12.8 Å². The van der Waals surface area contributed by atoms with Crippen molar-refractivity contribution in [1.29, 1.82) is 0 Å². The summed E-state index contributed by atoms with van der Waals surface area (Å²) in [4.78, 5) is 4.20. The lowest BCUT2D eigenvalue weighted by Gasteiger charge is -2.24. The van der Waals surface area contributed by atoms with Crippen LogP contribution in [0.3, 0.4) is 0 Å². The molecule has 0 aromatic carbocycles. The fraction of sp³-hybridized carbons (Fsp3) is 0.643. The lowest BCUT2D eigenvalue weighted by atomic mass is 10.0. The molecule has 2 nitrogen and oxygen atoms in total. The van der Waals surface area contributed by atoms with Gasteiger partial charge in [-0.25, -0.2) is 0 Å². The molecule has 0 bridgehead atoms. The summed E-state index contributed by atoms with van der Waals surface area (Å²) < 4.78 is 0. The molecule has 0 saturated heterocycles. The third-order valence-corrected chi connectivity index (χ3v) is 4.95. The first-order chi connectivity index (χ1) is 8.40. The lowest BCUT2D eigenvalue weighted by Crippen LogP contribution is -2.21. The molecule has 1 heterocycles. The Morgan fingerprint density at radius 2 is 2.24 bits per heavy atom. The predicted octanol–water partition coefficient (Wildman–Crippen LogP) is 3.41. The highest BCUT2D eigenvalue weighted by atomic mass is 32.2. The normalized spacial score (nSPS) is 19.1. The van der Waals surface area contributed by atoms with E-state index < -0.39 is 0 Å². The van der Waals surface area contributed by atoms with Gasteiger partial charge in [0, 0.05) is 29.4 Å². The molecule has 94 valence electrons. The van der Waals surface area contributed by atoms with E-state index in [0.717, 1.165) is 11.0 Å². The third-order valence-electron chi connectivity index (χ3n) is 3.49. The van der Waals surface area contributed by atoms with Crippen LogP contribution in [0.25, 0.3) is 0 Å². The first kappa shape index (κ1) is 12.9. The second-order valence-corrected chi connectivity index (χ2v) is 6.05. The Morgan fingerprint density at radius 1 is 1.41 bits per heavy atom. The summed E-state index contributed by atoms with van der Waals surface area (Å²) >= 11 is 2.13. The summed E-state index contributed by atoms with van der Waals surface area (Å²) in [6.07, 6.45) is 10.9. The van der Waals surface area contributed by atoms with Crippen LogP contribution in [0.2, 0.25) is 0 Å². The molecule has 0 aliphatic heterocycles. The Kier molecular flexibility index (Phi) is 5.33. The minimum absolute atomic E-state index is 0.440.